The molecule has 0 atom stereocenters. The van der Waals surface area contributed by atoms with E-state index < -0.39 is 10.1 Å². The van der Waals surface area contributed by atoms with Crippen LogP contribution in [-0.4, -0.2) is 44.3 Å². The van der Waals surface area contributed by atoms with E-state index in [2.05, 4.69) is 46.8 Å². The molecule has 1 aromatic heterocycles. The normalized spacial score (nSPS) is 21.0. The predicted octanol–water partition coefficient (Wildman–Crippen LogP) is 2.60. The number of rotatable bonds is 5. The largest absolute Gasteiger partial charge is 0.341 e. The summed E-state index contributed by atoms with van der Waals surface area (Å²) in [7, 11) is -1.33. The van der Waals surface area contributed by atoms with Crippen LogP contribution >= 0.6 is 15.9 Å². The van der Waals surface area contributed by atoms with E-state index >= 15 is 0 Å². The molecule has 0 aliphatic heterocycles. The van der Waals surface area contributed by atoms with Crippen LogP contribution in [0.2, 0.25) is 0 Å². The molecule has 1 fully saturated rings. The highest BCUT2D eigenvalue weighted by atomic mass is 79.9. The van der Waals surface area contributed by atoms with Gasteiger partial charge in [0, 0.05) is 37.8 Å². The van der Waals surface area contributed by atoms with Gasteiger partial charge in [-0.2, -0.15) is 8.42 Å². The number of halogens is 1. The third kappa shape index (κ3) is 6.38. The molecule has 0 amide bonds. The maximum atomic E-state index is 10.8. The van der Waals surface area contributed by atoms with E-state index in [1.54, 1.807) is 12.4 Å². The fourth-order valence-electron chi connectivity index (χ4n) is 2.72. The monoisotopic (exact) mass is 415 g/mol. The van der Waals surface area contributed by atoms with Crippen LogP contribution in [0.5, 0.6) is 0 Å². The molecule has 0 unspecified atom stereocenters. The number of nitrogens with zero attached hydrogens (tertiary/aromatic N) is 3. The molecule has 0 aromatic carbocycles. The topological polar surface area (TPSA) is 72.4 Å². The molecule has 1 saturated carbocycles. The molecule has 1 heterocycles. The second-order valence-electron chi connectivity index (χ2n) is 5.91. The quantitative estimate of drug-likeness (QED) is 0.418. The first kappa shape index (κ1) is 19.2. The lowest BCUT2D eigenvalue weighted by molar-refractivity contribution is 0.330. The second kappa shape index (κ2) is 8.79. The summed E-state index contributed by atoms with van der Waals surface area (Å²) in [6.45, 7) is 0.130. The second-order valence-corrected chi connectivity index (χ2v) is 8.47. The van der Waals surface area contributed by atoms with Gasteiger partial charge in [-0.25, -0.2) is 9.97 Å². The van der Waals surface area contributed by atoms with E-state index in [9.17, 15) is 8.42 Å². The molecule has 1 aliphatic rings. The Kier molecular flexibility index (Phi) is 7.02. The van der Waals surface area contributed by atoms with Crippen molar-refractivity contribution < 1.29 is 12.6 Å². The molecule has 132 valence electrons. The Morgan fingerprint density at radius 2 is 1.92 bits per heavy atom. The van der Waals surface area contributed by atoms with Crippen LogP contribution in [0.4, 0.5) is 5.95 Å². The number of anilines is 1. The Bertz CT molecular complexity index is 690. The van der Waals surface area contributed by atoms with Gasteiger partial charge in [0.15, 0.2) is 0 Å². The summed E-state index contributed by atoms with van der Waals surface area (Å²) in [6.07, 6.45) is 9.18. The molecule has 0 spiro atoms. The van der Waals surface area contributed by atoms with Crippen LogP contribution in [0, 0.1) is 17.8 Å². The highest BCUT2D eigenvalue weighted by molar-refractivity contribution is 9.10. The van der Waals surface area contributed by atoms with Gasteiger partial charge in [0.05, 0.1) is 17.3 Å². The van der Waals surface area contributed by atoms with E-state index in [1.807, 2.05) is 7.05 Å². The summed E-state index contributed by atoms with van der Waals surface area (Å²) in [6, 6.07) is 0.429. The zero-order chi connectivity index (χ0) is 17.6. The fraction of sp³-hybridized carbons (Fsp3) is 0.625. The van der Waals surface area contributed by atoms with Gasteiger partial charge in [-0.05, 0) is 41.6 Å². The smallest absolute Gasteiger partial charge is 0.264 e. The van der Waals surface area contributed by atoms with Gasteiger partial charge < -0.3 is 4.90 Å². The molecule has 1 aliphatic carbocycles. The van der Waals surface area contributed by atoms with Crippen molar-refractivity contribution in [2.45, 2.75) is 38.1 Å². The van der Waals surface area contributed by atoms with Crippen molar-refractivity contribution in [1.82, 2.24) is 9.97 Å². The molecular weight excluding hydrogens is 394 g/mol. The maximum absolute atomic E-state index is 10.8. The van der Waals surface area contributed by atoms with E-state index in [-0.39, 0.29) is 6.61 Å². The first-order valence-electron chi connectivity index (χ1n) is 7.88. The first-order chi connectivity index (χ1) is 11.3. The third-order valence-corrected chi connectivity index (χ3v) is 5.00. The molecule has 8 heteroatoms. The van der Waals surface area contributed by atoms with Crippen molar-refractivity contribution in [3.8, 4) is 11.8 Å². The Morgan fingerprint density at radius 1 is 1.29 bits per heavy atom. The molecule has 0 bridgehead atoms. The summed E-state index contributed by atoms with van der Waals surface area (Å²) < 4.78 is 27.2. The summed E-state index contributed by atoms with van der Waals surface area (Å²) in [5.74, 6) is 7.38. The Balaban J connectivity index is 1.76. The Labute approximate surface area is 152 Å². The van der Waals surface area contributed by atoms with E-state index in [0.717, 1.165) is 42.4 Å². The van der Waals surface area contributed by atoms with Gasteiger partial charge in [0.25, 0.3) is 10.1 Å². The molecular formula is C16H22BrN3O3S. The summed E-state index contributed by atoms with van der Waals surface area (Å²) >= 11 is 3.34. The van der Waals surface area contributed by atoms with Crippen LogP contribution in [0.15, 0.2) is 16.9 Å². The minimum atomic E-state index is -3.36. The lowest BCUT2D eigenvalue weighted by Crippen LogP contribution is -2.36. The zero-order valence-electron chi connectivity index (χ0n) is 13.9. The molecule has 0 radical (unpaired) electrons. The van der Waals surface area contributed by atoms with Gasteiger partial charge in [-0.15, -0.1) is 5.92 Å². The van der Waals surface area contributed by atoms with Crippen molar-refractivity contribution in [1.29, 1.82) is 0 Å². The lowest BCUT2D eigenvalue weighted by atomic mass is 9.86. The van der Waals surface area contributed by atoms with Gasteiger partial charge in [-0.1, -0.05) is 5.92 Å². The SMILES string of the molecule is CN(c1ncc(Br)cn1)C1CCC(C#CCCOS(C)(=O)=O)CC1. The number of aromatic nitrogens is 2. The highest BCUT2D eigenvalue weighted by Gasteiger charge is 2.24. The van der Waals surface area contributed by atoms with Crippen molar-refractivity contribution >= 4 is 32.0 Å². The van der Waals surface area contributed by atoms with E-state index in [1.165, 1.54) is 0 Å². The summed E-state index contributed by atoms with van der Waals surface area (Å²) in [4.78, 5) is 10.8. The molecule has 2 rings (SSSR count). The van der Waals surface area contributed by atoms with Gasteiger partial charge in [0.2, 0.25) is 5.95 Å². The van der Waals surface area contributed by atoms with Crippen LogP contribution in [0.3, 0.4) is 0 Å². The van der Waals surface area contributed by atoms with Gasteiger partial charge in [-0.3, -0.25) is 4.18 Å². The van der Waals surface area contributed by atoms with Gasteiger partial charge >= 0.3 is 0 Å². The van der Waals surface area contributed by atoms with Crippen LogP contribution < -0.4 is 4.90 Å². The summed E-state index contributed by atoms with van der Waals surface area (Å²) in [5.41, 5.74) is 0. The van der Waals surface area contributed by atoms with Crippen LogP contribution in [0.25, 0.3) is 0 Å². The third-order valence-electron chi connectivity index (χ3n) is 4.00. The van der Waals surface area contributed by atoms with Crippen LogP contribution in [0.1, 0.15) is 32.1 Å². The minimum absolute atomic E-state index is 0.130. The number of hydrogen-bond acceptors (Lipinski definition) is 6. The average molecular weight is 416 g/mol. The van der Waals surface area contributed by atoms with Crippen LogP contribution in [-0.2, 0) is 14.3 Å². The first-order valence-corrected chi connectivity index (χ1v) is 10.5. The van der Waals surface area contributed by atoms with Gasteiger partial charge in [0.1, 0.15) is 0 Å². The molecule has 0 saturated heterocycles. The fourth-order valence-corrected chi connectivity index (χ4v) is 3.31. The number of hydrogen-bond donors (Lipinski definition) is 0. The van der Waals surface area contributed by atoms with Crippen molar-refractivity contribution in [3.05, 3.63) is 16.9 Å². The maximum Gasteiger partial charge on any atom is 0.264 e. The van der Waals surface area contributed by atoms with E-state index in [4.69, 9.17) is 0 Å². The Hall–Kier alpha value is -1.17. The van der Waals surface area contributed by atoms with Crippen molar-refractivity contribution in [2.75, 3.05) is 24.8 Å². The molecule has 6 nitrogen and oxygen atoms in total. The van der Waals surface area contributed by atoms with Crippen molar-refractivity contribution in [3.63, 3.8) is 0 Å². The Morgan fingerprint density at radius 3 is 2.50 bits per heavy atom. The minimum Gasteiger partial charge on any atom is -0.341 e. The molecule has 1 aromatic rings. The lowest BCUT2D eigenvalue weighted by Gasteiger charge is -2.33. The summed E-state index contributed by atoms with van der Waals surface area (Å²) in [5, 5.41) is 0. The standard InChI is InChI=1S/C16H22BrN3O3S/c1-20(16-18-11-14(17)12-19-16)15-8-6-13(7-9-15)5-3-4-10-23-24(2,21)22/h11-13,15H,4,6-10H2,1-2H3. The van der Waals surface area contributed by atoms with E-state index in [0.29, 0.717) is 18.4 Å². The molecule has 0 N–H and O–H groups in total. The average Bonchev–Trinajstić information content (AvgIpc) is 2.54. The zero-order valence-corrected chi connectivity index (χ0v) is 16.3. The molecule has 24 heavy (non-hydrogen) atoms. The predicted molar refractivity (Wildman–Crippen MR) is 97.1 cm³/mol. The highest BCUT2D eigenvalue weighted by Crippen LogP contribution is 2.28. The van der Waals surface area contributed by atoms with Crippen molar-refractivity contribution in [2.24, 2.45) is 5.92 Å².